The Labute approximate surface area is 173 Å². The van der Waals surface area contributed by atoms with Gasteiger partial charge in [0.1, 0.15) is 23.7 Å². The van der Waals surface area contributed by atoms with E-state index in [1.807, 2.05) is 12.1 Å². The molecule has 0 radical (unpaired) electrons. The van der Waals surface area contributed by atoms with Crippen molar-refractivity contribution in [1.29, 1.82) is 0 Å². The SMILES string of the molecule is CC[C@@H](C)c1ccc(NC(=O)CN2C(=O)N[C@@](C)(c3cc(F)ccc3F)C2=O)cc1. The van der Waals surface area contributed by atoms with Gasteiger partial charge in [0.05, 0.1) is 0 Å². The van der Waals surface area contributed by atoms with E-state index in [1.165, 1.54) is 6.92 Å². The van der Waals surface area contributed by atoms with Gasteiger partial charge < -0.3 is 10.6 Å². The summed E-state index contributed by atoms with van der Waals surface area (Å²) in [5.74, 6) is -2.61. The van der Waals surface area contributed by atoms with Crippen molar-refractivity contribution in [3.63, 3.8) is 0 Å². The summed E-state index contributed by atoms with van der Waals surface area (Å²) in [6.07, 6.45) is 0.989. The van der Waals surface area contributed by atoms with Crippen molar-refractivity contribution in [2.45, 2.75) is 38.6 Å². The van der Waals surface area contributed by atoms with E-state index in [-0.39, 0.29) is 5.56 Å². The van der Waals surface area contributed by atoms with Crippen molar-refractivity contribution < 1.29 is 23.2 Å². The van der Waals surface area contributed by atoms with Crippen LogP contribution in [0.25, 0.3) is 0 Å². The van der Waals surface area contributed by atoms with Crippen molar-refractivity contribution in [1.82, 2.24) is 10.2 Å². The van der Waals surface area contributed by atoms with Crippen molar-refractivity contribution >= 4 is 23.5 Å². The van der Waals surface area contributed by atoms with E-state index in [0.29, 0.717) is 16.5 Å². The number of hydrogen-bond donors (Lipinski definition) is 2. The van der Waals surface area contributed by atoms with E-state index in [0.717, 1.165) is 30.2 Å². The molecule has 2 aromatic carbocycles. The smallest absolute Gasteiger partial charge is 0.325 e. The standard InChI is InChI=1S/C22H23F2N3O3/c1-4-13(2)14-5-8-16(9-6-14)25-19(28)12-27-20(29)22(3,26-21(27)30)17-11-15(23)7-10-18(17)24/h5-11,13H,4,12H2,1-3H3,(H,25,28)(H,26,30)/t13-,22+/m1/s1. The number of carbonyl (C=O) groups excluding carboxylic acids is 3. The Morgan fingerprint density at radius 1 is 1.17 bits per heavy atom. The Kier molecular flexibility index (Phi) is 5.87. The third-order valence-electron chi connectivity index (χ3n) is 5.42. The van der Waals surface area contributed by atoms with Gasteiger partial charge in [-0.3, -0.25) is 14.5 Å². The van der Waals surface area contributed by atoms with Crippen LogP contribution in [-0.2, 0) is 15.1 Å². The molecule has 1 saturated heterocycles. The number of halogens is 2. The third kappa shape index (κ3) is 4.03. The molecule has 0 bridgehead atoms. The Morgan fingerprint density at radius 3 is 2.47 bits per heavy atom. The number of amides is 4. The quantitative estimate of drug-likeness (QED) is 0.703. The lowest BCUT2D eigenvalue weighted by atomic mass is 9.91. The Morgan fingerprint density at radius 2 is 1.83 bits per heavy atom. The molecule has 0 spiro atoms. The highest BCUT2D eigenvalue weighted by Crippen LogP contribution is 2.31. The molecule has 0 saturated carbocycles. The topological polar surface area (TPSA) is 78.5 Å². The lowest BCUT2D eigenvalue weighted by Crippen LogP contribution is -2.42. The van der Waals surface area contributed by atoms with Crippen LogP contribution in [0, 0.1) is 11.6 Å². The molecule has 3 rings (SSSR count). The van der Waals surface area contributed by atoms with E-state index in [4.69, 9.17) is 0 Å². The maximum Gasteiger partial charge on any atom is 0.325 e. The summed E-state index contributed by atoms with van der Waals surface area (Å²) >= 11 is 0. The van der Waals surface area contributed by atoms with Gasteiger partial charge in [0.15, 0.2) is 0 Å². The third-order valence-corrected chi connectivity index (χ3v) is 5.42. The van der Waals surface area contributed by atoms with Crippen molar-refractivity contribution in [3.05, 3.63) is 65.2 Å². The molecule has 2 aromatic rings. The molecule has 1 aliphatic heterocycles. The summed E-state index contributed by atoms with van der Waals surface area (Å²) in [5, 5.41) is 5.00. The second kappa shape index (κ2) is 8.22. The Balaban J connectivity index is 1.72. The molecule has 1 heterocycles. The average molecular weight is 415 g/mol. The molecule has 158 valence electrons. The van der Waals surface area contributed by atoms with Gasteiger partial charge in [0.25, 0.3) is 5.91 Å². The number of imide groups is 1. The van der Waals surface area contributed by atoms with Crippen LogP contribution in [0.5, 0.6) is 0 Å². The lowest BCUT2D eigenvalue weighted by Gasteiger charge is -2.22. The highest BCUT2D eigenvalue weighted by atomic mass is 19.1. The van der Waals surface area contributed by atoms with Crippen LogP contribution >= 0.6 is 0 Å². The highest BCUT2D eigenvalue weighted by molar-refractivity contribution is 6.10. The van der Waals surface area contributed by atoms with Gasteiger partial charge in [0.2, 0.25) is 5.91 Å². The van der Waals surface area contributed by atoms with Crippen LogP contribution in [0.1, 0.15) is 44.2 Å². The maximum atomic E-state index is 14.2. The van der Waals surface area contributed by atoms with E-state index < -0.39 is 41.6 Å². The number of nitrogens with one attached hydrogen (secondary N) is 2. The van der Waals surface area contributed by atoms with Gasteiger partial charge in [-0.05, 0) is 55.2 Å². The average Bonchev–Trinajstić information content (AvgIpc) is 2.93. The normalized spacial score (nSPS) is 19.6. The van der Waals surface area contributed by atoms with Gasteiger partial charge in [-0.1, -0.05) is 26.0 Å². The van der Waals surface area contributed by atoms with Crippen molar-refractivity contribution in [2.24, 2.45) is 0 Å². The number of nitrogens with zero attached hydrogens (tertiary/aromatic N) is 1. The van der Waals surface area contributed by atoms with E-state index >= 15 is 0 Å². The fourth-order valence-corrected chi connectivity index (χ4v) is 3.38. The Bertz CT molecular complexity index is 994. The fraction of sp³-hybridized carbons (Fsp3) is 0.318. The zero-order valence-corrected chi connectivity index (χ0v) is 17.0. The molecule has 2 atom stereocenters. The molecule has 1 aliphatic rings. The summed E-state index contributed by atoms with van der Waals surface area (Å²) < 4.78 is 27.8. The number of rotatable bonds is 6. The molecule has 0 unspecified atom stereocenters. The first kappa shape index (κ1) is 21.4. The van der Waals surface area contributed by atoms with Crippen LogP contribution < -0.4 is 10.6 Å². The molecule has 1 fully saturated rings. The first-order valence-corrected chi connectivity index (χ1v) is 9.65. The zero-order chi connectivity index (χ0) is 22.1. The number of benzene rings is 2. The lowest BCUT2D eigenvalue weighted by molar-refractivity contribution is -0.133. The maximum absolute atomic E-state index is 14.2. The van der Waals surface area contributed by atoms with Crippen molar-refractivity contribution in [3.8, 4) is 0 Å². The second-order valence-electron chi connectivity index (χ2n) is 7.55. The number of carbonyl (C=O) groups is 3. The second-order valence-corrected chi connectivity index (χ2v) is 7.55. The van der Waals surface area contributed by atoms with E-state index in [1.54, 1.807) is 12.1 Å². The molecule has 2 N–H and O–H groups in total. The predicted molar refractivity (Wildman–Crippen MR) is 108 cm³/mol. The van der Waals surface area contributed by atoms with Gasteiger partial charge in [-0.15, -0.1) is 0 Å². The number of hydrogen-bond acceptors (Lipinski definition) is 3. The Hall–Kier alpha value is -3.29. The minimum atomic E-state index is -1.80. The van der Waals surface area contributed by atoms with Crippen LogP contribution in [-0.4, -0.2) is 29.3 Å². The molecule has 0 aromatic heterocycles. The molecule has 8 heteroatoms. The minimum Gasteiger partial charge on any atom is -0.325 e. The summed E-state index contributed by atoms with van der Waals surface area (Å²) in [5.41, 5.74) is -0.443. The summed E-state index contributed by atoms with van der Waals surface area (Å²) in [7, 11) is 0. The molecule has 4 amide bonds. The van der Waals surface area contributed by atoms with Crippen LogP contribution in [0.15, 0.2) is 42.5 Å². The van der Waals surface area contributed by atoms with Gasteiger partial charge >= 0.3 is 6.03 Å². The first-order chi connectivity index (χ1) is 14.2. The number of urea groups is 1. The van der Waals surface area contributed by atoms with Crippen LogP contribution in [0.2, 0.25) is 0 Å². The molecule has 30 heavy (non-hydrogen) atoms. The molecule has 0 aliphatic carbocycles. The summed E-state index contributed by atoms with van der Waals surface area (Å²) in [6, 6.07) is 9.11. The van der Waals surface area contributed by atoms with Gasteiger partial charge in [-0.25, -0.2) is 13.6 Å². The van der Waals surface area contributed by atoms with Crippen molar-refractivity contribution in [2.75, 3.05) is 11.9 Å². The van der Waals surface area contributed by atoms with Gasteiger partial charge in [0, 0.05) is 11.3 Å². The first-order valence-electron chi connectivity index (χ1n) is 9.65. The predicted octanol–water partition coefficient (Wildman–Crippen LogP) is 3.88. The largest absolute Gasteiger partial charge is 0.325 e. The monoisotopic (exact) mass is 415 g/mol. The molecule has 6 nitrogen and oxygen atoms in total. The fourth-order valence-electron chi connectivity index (χ4n) is 3.38. The molecular formula is C22H23F2N3O3. The van der Waals surface area contributed by atoms with Crippen LogP contribution in [0.4, 0.5) is 19.3 Å². The highest BCUT2D eigenvalue weighted by Gasteiger charge is 2.50. The number of anilines is 1. The summed E-state index contributed by atoms with van der Waals surface area (Å²) in [4.78, 5) is 38.2. The van der Waals surface area contributed by atoms with E-state index in [9.17, 15) is 23.2 Å². The summed E-state index contributed by atoms with van der Waals surface area (Å²) in [6.45, 7) is 4.91. The minimum absolute atomic E-state index is 0.301. The van der Waals surface area contributed by atoms with Crippen LogP contribution in [0.3, 0.4) is 0 Å². The van der Waals surface area contributed by atoms with E-state index in [2.05, 4.69) is 24.5 Å². The zero-order valence-electron chi connectivity index (χ0n) is 17.0. The molecular weight excluding hydrogens is 392 g/mol. The van der Waals surface area contributed by atoms with Gasteiger partial charge in [-0.2, -0.15) is 0 Å².